The second-order valence-electron chi connectivity index (χ2n) is 6.52. The Bertz CT molecular complexity index is 1000. The molecule has 0 saturated carbocycles. The van der Waals surface area contributed by atoms with E-state index in [1.807, 2.05) is 13.0 Å². The van der Waals surface area contributed by atoms with Crippen LogP contribution in [-0.4, -0.2) is 46.7 Å². The predicted molar refractivity (Wildman–Crippen MR) is 107 cm³/mol. The van der Waals surface area contributed by atoms with Crippen LogP contribution in [0.3, 0.4) is 0 Å². The number of phenolic OH excluding ortho intramolecular Hbond substituents is 1. The molecule has 1 heterocycles. The van der Waals surface area contributed by atoms with Crippen molar-refractivity contribution in [2.45, 2.75) is 20.3 Å². The molecule has 0 atom stereocenters. The summed E-state index contributed by atoms with van der Waals surface area (Å²) in [5.74, 6) is -0.977. The number of aryl methyl sites for hydroxylation is 1. The molecule has 0 aliphatic carbocycles. The smallest absolute Gasteiger partial charge is 0.351 e. The molecule has 0 radical (unpaired) electrons. The predicted octanol–water partition coefficient (Wildman–Crippen LogP) is 2.68. The van der Waals surface area contributed by atoms with Crippen molar-refractivity contribution in [1.82, 2.24) is 4.90 Å². The summed E-state index contributed by atoms with van der Waals surface area (Å²) >= 11 is 0. The molecule has 1 aliphatic heterocycles. The molecule has 2 N–H and O–H groups in total. The molecule has 1 aliphatic rings. The van der Waals surface area contributed by atoms with Gasteiger partial charge < -0.3 is 15.2 Å². The Balaban J connectivity index is 1.67. The number of aromatic hydroxyl groups is 1. The number of nitrogens with one attached hydrogen (secondary N) is 1. The molecule has 3 rings (SSSR count). The number of carbonyl (C=O) groups is 3. The van der Waals surface area contributed by atoms with Crippen LogP contribution in [0, 0.1) is 6.92 Å². The van der Waals surface area contributed by atoms with Crippen LogP contribution in [0.1, 0.15) is 18.1 Å². The van der Waals surface area contributed by atoms with Crippen molar-refractivity contribution < 1.29 is 24.2 Å². The zero-order valence-electron chi connectivity index (χ0n) is 16.1. The van der Waals surface area contributed by atoms with Crippen molar-refractivity contribution >= 4 is 29.2 Å². The maximum Gasteiger partial charge on any atom is 0.351 e. The molecule has 150 valence electrons. The summed E-state index contributed by atoms with van der Waals surface area (Å²) < 4.78 is 5.32. The largest absolute Gasteiger partial charge is 0.504 e. The number of hydrogen-bond acceptors (Lipinski definition) is 5. The SMILES string of the molecule is CCOc1cccc(CC2=NC(=O)N(CC(=O)Nc3cccc(C)c3)C2=O)c1O. The number of nitrogens with zero attached hydrogens (tertiary/aromatic N) is 2. The lowest BCUT2D eigenvalue weighted by Gasteiger charge is -2.13. The van der Waals surface area contributed by atoms with Gasteiger partial charge in [-0.1, -0.05) is 24.3 Å². The Kier molecular flexibility index (Phi) is 5.92. The van der Waals surface area contributed by atoms with Crippen LogP contribution in [0.25, 0.3) is 0 Å². The number of aliphatic imine (C=N–C) groups is 1. The number of benzene rings is 2. The number of carbonyl (C=O) groups excluding carboxylic acids is 3. The lowest BCUT2D eigenvalue weighted by Crippen LogP contribution is -2.39. The number of para-hydroxylation sites is 1. The number of imide groups is 1. The van der Waals surface area contributed by atoms with Crippen LogP contribution in [0.5, 0.6) is 11.5 Å². The maximum absolute atomic E-state index is 12.6. The first-order valence-electron chi connectivity index (χ1n) is 9.12. The Morgan fingerprint density at radius 1 is 1.21 bits per heavy atom. The Morgan fingerprint density at radius 3 is 2.69 bits per heavy atom. The van der Waals surface area contributed by atoms with E-state index in [-0.39, 0.29) is 23.6 Å². The fraction of sp³-hybridized carbons (Fsp3) is 0.238. The van der Waals surface area contributed by atoms with Crippen LogP contribution in [-0.2, 0) is 16.0 Å². The first-order valence-corrected chi connectivity index (χ1v) is 9.12. The Morgan fingerprint density at radius 2 is 1.97 bits per heavy atom. The van der Waals surface area contributed by atoms with E-state index in [1.54, 1.807) is 43.3 Å². The highest BCUT2D eigenvalue weighted by atomic mass is 16.5. The fourth-order valence-electron chi connectivity index (χ4n) is 2.95. The van der Waals surface area contributed by atoms with Crippen LogP contribution < -0.4 is 10.1 Å². The van der Waals surface area contributed by atoms with E-state index in [2.05, 4.69) is 10.3 Å². The van der Waals surface area contributed by atoms with Gasteiger partial charge in [0.05, 0.1) is 6.61 Å². The third-order valence-electron chi connectivity index (χ3n) is 4.30. The minimum absolute atomic E-state index is 0.0395. The summed E-state index contributed by atoms with van der Waals surface area (Å²) in [5.41, 5.74) is 1.91. The van der Waals surface area contributed by atoms with Gasteiger partial charge in [-0.25, -0.2) is 9.69 Å². The number of amides is 4. The quantitative estimate of drug-likeness (QED) is 0.749. The average molecular weight is 395 g/mol. The van der Waals surface area contributed by atoms with Crippen LogP contribution in [0.2, 0.25) is 0 Å². The Labute approximate surface area is 167 Å². The van der Waals surface area contributed by atoms with E-state index in [0.717, 1.165) is 10.5 Å². The number of anilines is 1. The van der Waals surface area contributed by atoms with Crippen LogP contribution >= 0.6 is 0 Å². The van der Waals surface area contributed by atoms with E-state index in [1.165, 1.54) is 0 Å². The second-order valence-corrected chi connectivity index (χ2v) is 6.52. The van der Waals surface area contributed by atoms with Crippen molar-refractivity contribution in [3.05, 3.63) is 53.6 Å². The van der Waals surface area contributed by atoms with E-state index in [4.69, 9.17) is 4.74 Å². The van der Waals surface area contributed by atoms with E-state index in [0.29, 0.717) is 17.9 Å². The molecule has 2 aromatic rings. The zero-order chi connectivity index (χ0) is 21.0. The van der Waals surface area contributed by atoms with Gasteiger partial charge in [-0.3, -0.25) is 9.59 Å². The second kappa shape index (κ2) is 8.55. The number of rotatable bonds is 7. The number of ether oxygens (including phenoxy) is 1. The molecule has 0 fully saturated rings. The minimum atomic E-state index is -0.801. The molecule has 8 nitrogen and oxygen atoms in total. The molecule has 0 bridgehead atoms. The summed E-state index contributed by atoms with van der Waals surface area (Å²) in [6.45, 7) is 3.61. The van der Waals surface area contributed by atoms with Gasteiger partial charge in [-0.2, -0.15) is 4.99 Å². The molecular weight excluding hydrogens is 374 g/mol. The van der Waals surface area contributed by atoms with Crippen molar-refractivity contribution in [1.29, 1.82) is 0 Å². The molecule has 2 aromatic carbocycles. The molecule has 0 spiro atoms. The van der Waals surface area contributed by atoms with Crippen molar-refractivity contribution in [2.24, 2.45) is 4.99 Å². The number of hydrogen-bond donors (Lipinski definition) is 2. The first kappa shape index (κ1) is 20.1. The number of urea groups is 1. The van der Waals surface area contributed by atoms with Gasteiger partial charge in [-0.05, 0) is 37.6 Å². The lowest BCUT2D eigenvalue weighted by molar-refractivity contribution is -0.125. The van der Waals surface area contributed by atoms with Crippen LogP contribution in [0.4, 0.5) is 10.5 Å². The van der Waals surface area contributed by atoms with Gasteiger partial charge in [0, 0.05) is 17.7 Å². The van der Waals surface area contributed by atoms with Gasteiger partial charge in [-0.15, -0.1) is 0 Å². The highest BCUT2D eigenvalue weighted by Crippen LogP contribution is 2.30. The normalized spacial score (nSPS) is 13.4. The summed E-state index contributed by atoms with van der Waals surface area (Å²) in [6, 6.07) is 11.3. The van der Waals surface area contributed by atoms with Gasteiger partial charge in [0.1, 0.15) is 12.3 Å². The van der Waals surface area contributed by atoms with Gasteiger partial charge in [0.15, 0.2) is 11.5 Å². The first-order chi connectivity index (χ1) is 13.9. The third-order valence-corrected chi connectivity index (χ3v) is 4.30. The molecule has 4 amide bonds. The van der Waals surface area contributed by atoms with Crippen molar-refractivity contribution in [2.75, 3.05) is 18.5 Å². The zero-order valence-corrected chi connectivity index (χ0v) is 16.1. The fourth-order valence-corrected chi connectivity index (χ4v) is 2.95. The van der Waals surface area contributed by atoms with E-state index in [9.17, 15) is 19.5 Å². The third kappa shape index (κ3) is 4.60. The highest BCUT2D eigenvalue weighted by Gasteiger charge is 2.34. The van der Waals surface area contributed by atoms with Gasteiger partial charge >= 0.3 is 6.03 Å². The highest BCUT2D eigenvalue weighted by molar-refractivity contribution is 6.46. The van der Waals surface area contributed by atoms with Crippen molar-refractivity contribution in [3.8, 4) is 11.5 Å². The summed E-state index contributed by atoms with van der Waals surface area (Å²) in [6.07, 6.45) is -0.0483. The molecule has 8 heteroatoms. The Hall–Kier alpha value is -3.68. The summed E-state index contributed by atoms with van der Waals surface area (Å²) in [5, 5.41) is 12.9. The maximum atomic E-state index is 12.6. The summed E-state index contributed by atoms with van der Waals surface area (Å²) in [4.78, 5) is 41.5. The number of phenols is 1. The molecule has 0 saturated heterocycles. The molecule has 0 unspecified atom stereocenters. The molecular formula is C21H21N3O5. The summed E-state index contributed by atoms with van der Waals surface area (Å²) in [7, 11) is 0. The topological polar surface area (TPSA) is 108 Å². The van der Waals surface area contributed by atoms with Crippen molar-refractivity contribution in [3.63, 3.8) is 0 Å². The lowest BCUT2D eigenvalue weighted by atomic mass is 10.1. The average Bonchev–Trinajstić information content (AvgIpc) is 2.92. The van der Waals surface area contributed by atoms with E-state index >= 15 is 0 Å². The van der Waals surface area contributed by atoms with Gasteiger partial charge in [0.2, 0.25) is 5.91 Å². The van der Waals surface area contributed by atoms with Gasteiger partial charge in [0.25, 0.3) is 5.91 Å². The minimum Gasteiger partial charge on any atom is -0.504 e. The molecule has 29 heavy (non-hydrogen) atoms. The monoisotopic (exact) mass is 395 g/mol. The van der Waals surface area contributed by atoms with Crippen LogP contribution in [0.15, 0.2) is 47.5 Å². The van der Waals surface area contributed by atoms with E-state index < -0.39 is 24.4 Å². The standard InChI is InChI=1S/C21H21N3O5/c1-3-29-17-9-5-7-14(19(17)26)11-16-20(27)24(21(28)23-16)12-18(25)22-15-8-4-6-13(2)10-15/h4-10,26H,3,11-12H2,1-2H3,(H,22,25). The molecule has 0 aromatic heterocycles.